The molecule has 148 valence electrons. The number of amides is 1. The highest BCUT2D eigenvalue weighted by atomic mass is 16.5. The SMILES string of the molecule is COc1cc2c(cc1NC(=O)C(c1ccccc1)n1cccn1)oc1ccccc12. The second-order valence-corrected chi connectivity index (χ2v) is 6.94. The summed E-state index contributed by atoms with van der Waals surface area (Å²) in [5.74, 6) is 0.341. The van der Waals surface area contributed by atoms with Crippen LogP contribution in [-0.4, -0.2) is 22.8 Å². The van der Waals surface area contributed by atoms with Gasteiger partial charge in [0, 0.05) is 29.2 Å². The summed E-state index contributed by atoms with van der Waals surface area (Å²) in [4.78, 5) is 13.3. The topological polar surface area (TPSA) is 69.3 Å². The van der Waals surface area contributed by atoms with Gasteiger partial charge in [0.2, 0.25) is 0 Å². The minimum Gasteiger partial charge on any atom is -0.495 e. The van der Waals surface area contributed by atoms with Gasteiger partial charge in [0.25, 0.3) is 5.91 Å². The monoisotopic (exact) mass is 397 g/mol. The number of ether oxygens (including phenoxy) is 1. The molecule has 0 radical (unpaired) electrons. The Morgan fingerprint density at radius 2 is 1.80 bits per heavy atom. The molecule has 2 aromatic heterocycles. The molecule has 1 N–H and O–H groups in total. The van der Waals surface area contributed by atoms with Crippen LogP contribution >= 0.6 is 0 Å². The Morgan fingerprint density at radius 1 is 1.00 bits per heavy atom. The Kier molecular flexibility index (Phi) is 4.44. The molecule has 0 fully saturated rings. The molecule has 0 saturated carbocycles. The molecule has 30 heavy (non-hydrogen) atoms. The lowest BCUT2D eigenvalue weighted by atomic mass is 10.1. The number of benzene rings is 3. The van der Waals surface area contributed by atoms with Crippen molar-refractivity contribution in [2.45, 2.75) is 6.04 Å². The van der Waals surface area contributed by atoms with Crippen molar-refractivity contribution in [1.29, 1.82) is 0 Å². The van der Waals surface area contributed by atoms with Crippen molar-refractivity contribution < 1.29 is 13.9 Å². The van der Waals surface area contributed by atoms with Gasteiger partial charge in [-0.15, -0.1) is 0 Å². The number of carbonyl (C=O) groups excluding carboxylic acids is 1. The maximum Gasteiger partial charge on any atom is 0.253 e. The predicted molar refractivity (Wildman–Crippen MR) is 116 cm³/mol. The average Bonchev–Trinajstić information content (AvgIpc) is 3.42. The van der Waals surface area contributed by atoms with E-state index in [1.165, 1.54) is 0 Å². The Hall–Kier alpha value is -4.06. The fourth-order valence-corrected chi connectivity index (χ4v) is 3.71. The fourth-order valence-electron chi connectivity index (χ4n) is 3.71. The number of nitrogens with one attached hydrogen (secondary N) is 1. The summed E-state index contributed by atoms with van der Waals surface area (Å²) in [6.07, 6.45) is 3.43. The summed E-state index contributed by atoms with van der Waals surface area (Å²) in [5, 5.41) is 9.22. The number of furan rings is 1. The number of para-hydroxylation sites is 1. The largest absolute Gasteiger partial charge is 0.495 e. The molecule has 2 heterocycles. The second-order valence-electron chi connectivity index (χ2n) is 6.94. The van der Waals surface area contributed by atoms with Gasteiger partial charge in [0.1, 0.15) is 16.9 Å². The van der Waals surface area contributed by atoms with Crippen LogP contribution in [0.2, 0.25) is 0 Å². The van der Waals surface area contributed by atoms with Gasteiger partial charge in [-0.05, 0) is 23.8 Å². The molecule has 1 amide bonds. The van der Waals surface area contributed by atoms with E-state index in [0.29, 0.717) is 17.0 Å². The average molecular weight is 397 g/mol. The number of hydrogen-bond donors (Lipinski definition) is 1. The second kappa shape index (κ2) is 7.40. The predicted octanol–water partition coefficient (Wildman–Crippen LogP) is 5.02. The van der Waals surface area contributed by atoms with Crippen molar-refractivity contribution in [2.24, 2.45) is 0 Å². The maximum atomic E-state index is 13.3. The van der Waals surface area contributed by atoms with Crippen LogP contribution in [0.5, 0.6) is 5.75 Å². The van der Waals surface area contributed by atoms with Crippen LogP contribution in [0.1, 0.15) is 11.6 Å². The summed E-state index contributed by atoms with van der Waals surface area (Å²) in [7, 11) is 1.58. The van der Waals surface area contributed by atoms with Crippen molar-refractivity contribution in [2.75, 3.05) is 12.4 Å². The van der Waals surface area contributed by atoms with Gasteiger partial charge in [0.05, 0.1) is 12.8 Å². The summed E-state index contributed by atoms with van der Waals surface area (Å²) in [5.41, 5.74) is 2.85. The van der Waals surface area contributed by atoms with Gasteiger partial charge in [-0.3, -0.25) is 9.48 Å². The molecule has 3 aromatic carbocycles. The first-order chi connectivity index (χ1) is 14.7. The molecule has 0 aliphatic rings. The molecular weight excluding hydrogens is 378 g/mol. The van der Waals surface area contributed by atoms with E-state index in [1.54, 1.807) is 36.3 Å². The maximum absolute atomic E-state index is 13.3. The lowest BCUT2D eigenvalue weighted by Gasteiger charge is -2.19. The third kappa shape index (κ3) is 3.08. The summed E-state index contributed by atoms with van der Waals surface area (Å²) in [6.45, 7) is 0. The van der Waals surface area contributed by atoms with Crippen LogP contribution in [0.25, 0.3) is 21.9 Å². The van der Waals surface area contributed by atoms with Gasteiger partial charge in [-0.25, -0.2) is 0 Å². The van der Waals surface area contributed by atoms with Crippen molar-refractivity contribution in [3.05, 3.63) is 90.8 Å². The molecule has 6 heteroatoms. The van der Waals surface area contributed by atoms with E-state index in [0.717, 1.165) is 21.9 Å². The minimum atomic E-state index is -0.614. The molecule has 0 spiro atoms. The molecule has 5 aromatic rings. The first kappa shape index (κ1) is 18.0. The first-order valence-corrected chi connectivity index (χ1v) is 9.59. The van der Waals surface area contributed by atoms with Crippen LogP contribution in [-0.2, 0) is 4.79 Å². The van der Waals surface area contributed by atoms with Crippen molar-refractivity contribution in [1.82, 2.24) is 9.78 Å². The van der Waals surface area contributed by atoms with E-state index in [9.17, 15) is 4.79 Å². The number of rotatable bonds is 5. The minimum absolute atomic E-state index is 0.223. The molecule has 6 nitrogen and oxygen atoms in total. The molecule has 0 bridgehead atoms. The Balaban J connectivity index is 1.56. The lowest BCUT2D eigenvalue weighted by molar-refractivity contribution is -0.118. The summed E-state index contributed by atoms with van der Waals surface area (Å²) < 4.78 is 13.2. The zero-order valence-corrected chi connectivity index (χ0v) is 16.3. The number of nitrogens with zero attached hydrogens (tertiary/aromatic N) is 2. The molecule has 0 saturated heterocycles. The van der Waals surface area contributed by atoms with Crippen molar-refractivity contribution in [3.8, 4) is 5.75 Å². The summed E-state index contributed by atoms with van der Waals surface area (Å²) in [6, 6.07) is 22.2. The number of fused-ring (bicyclic) bond motifs is 3. The van der Waals surface area contributed by atoms with Crippen LogP contribution < -0.4 is 10.1 Å². The zero-order chi connectivity index (χ0) is 20.5. The van der Waals surface area contributed by atoms with Gasteiger partial charge >= 0.3 is 0 Å². The van der Waals surface area contributed by atoms with E-state index in [1.807, 2.05) is 60.7 Å². The summed E-state index contributed by atoms with van der Waals surface area (Å²) >= 11 is 0. The number of hydrogen-bond acceptors (Lipinski definition) is 4. The quantitative estimate of drug-likeness (QED) is 0.452. The molecule has 5 rings (SSSR count). The van der Waals surface area contributed by atoms with Crippen LogP contribution in [0.3, 0.4) is 0 Å². The fraction of sp³-hybridized carbons (Fsp3) is 0.0833. The van der Waals surface area contributed by atoms with E-state index >= 15 is 0 Å². The van der Waals surface area contributed by atoms with E-state index in [2.05, 4.69) is 10.4 Å². The Bertz CT molecular complexity index is 1320. The standard InChI is InChI=1S/C24H19N3O3/c1-29-22-14-18-17-10-5-6-11-20(17)30-21(18)15-19(22)26-24(28)23(27-13-7-12-25-27)16-8-3-2-4-9-16/h2-15,23H,1H3,(H,26,28). The highest BCUT2D eigenvalue weighted by Gasteiger charge is 2.24. The number of methoxy groups -OCH3 is 1. The Morgan fingerprint density at radius 3 is 2.57 bits per heavy atom. The Labute approximate surface area is 172 Å². The van der Waals surface area contributed by atoms with E-state index in [-0.39, 0.29) is 5.91 Å². The van der Waals surface area contributed by atoms with Crippen molar-refractivity contribution in [3.63, 3.8) is 0 Å². The third-order valence-electron chi connectivity index (χ3n) is 5.11. The third-order valence-corrected chi connectivity index (χ3v) is 5.11. The highest BCUT2D eigenvalue weighted by Crippen LogP contribution is 2.36. The van der Waals surface area contributed by atoms with Gasteiger partial charge < -0.3 is 14.5 Å². The number of anilines is 1. The molecule has 0 aliphatic carbocycles. The molecule has 1 unspecified atom stereocenters. The van der Waals surface area contributed by atoms with E-state index < -0.39 is 6.04 Å². The van der Waals surface area contributed by atoms with Crippen molar-refractivity contribution >= 4 is 33.5 Å². The molecular formula is C24H19N3O3. The zero-order valence-electron chi connectivity index (χ0n) is 16.3. The van der Waals surface area contributed by atoms with Crippen LogP contribution in [0.4, 0.5) is 5.69 Å². The van der Waals surface area contributed by atoms with Gasteiger partial charge in [0.15, 0.2) is 6.04 Å². The first-order valence-electron chi connectivity index (χ1n) is 9.59. The lowest BCUT2D eigenvalue weighted by Crippen LogP contribution is -2.27. The van der Waals surface area contributed by atoms with Gasteiger partial charge in [-0.2, -0.15) is 5.10 Å². The number of carbonyl (C=O) groups is 1. The number of aromatic nitrogens is 2. The molecule has 1 atom stereocenters. The van der Waals surface area contributed by atoms with E-state index in [4.69, 9.17) is 9.15 Å². The molecule has 0 aliphatic heterocycles. The smallest absolute Gasteiger partial charge is 0.253 e. The highest BCUT2D eigenvalue weighted by molar-refractivity contribution is 6.08. The normalized spacial score (nSPS) is 12.2. The van der Waals surface area contributed by atoms with Crippen LogP contribution in [0, 0.1) is 0 Å². The van der Waals surface area contributed by atoms with Crippen LogP contribution in [0.15, 0.2) is 89.6 Å². The van der Waals surface area contributed by atoms with Gasteiger partial charge in [-0.1, -0.05) is 48.5 Å².